The topological polar surface area (TPSA) is 57.0 Å². The first kappa shape index (κ1) is 21.0. The maximum absolute atomic E-state index is 13.1. The number of thioether (sulfide) groups is 1. The molecule has 0 N–H and O–H groups in total. The first-order chi connectivity index (χ1) is 14.7. The predicted molar refractivity (Wildman–Crippen MR) is 124 cm³/mol. The molecular formula is C24H28BN3OS. The number of unbranched alkanes of at least 4 members (excludes halogenated alkanes) is 4. The summed E-state index contributed by atoms with van der Waals surface area (Å²) in [6.45, 7) is 2.95. The van der Waals surface area contributed by atoms with Crippen LogP contribution in [0.4, 0.5) is 5.69 Å². The molecule has 0 aliphatic carbocycles. The first-order valence-electron chi connectivity index (χ1n) is 11.2. The van der Waals surface area contributed by atoms with Gasteiger partial charge in [0.05, 0.1) is 0 Å². The van der Waals surface area contributed by atoms with Crippen LogP contribution in [0.25, 0.3) is 0 Å². The molecule has 0 saturated heterocycles. The third kappa shape index (κ3) is 4.57. The molecule has 1 aromatic carbocycles. The number of rotatable bonds is 8. The molecule has 2 aliphatic heterocycles. The molecule has 30 heavy (non-hydrogen) atoms. The van der Waals surface area contributed by atoms with Crippen molar-refractivity contribution >= 4 is 30.1 Å². The Morgan fingerprint density at radius 2 is 2.03 bits per heavy atom. The maximum Gasteiger partial charge on any atom is 0.278 e. The molecule has 2 aromatic rings. The normalized spacial score (nSPS) is 14.5. The van der Waals surface area contributed by atoms with Crippen molar-refractivity contribution in [2.75, 3.05) is 17.2 Å². The number of hydrogen-bond donors (Lipinski definition) is 0. The average molecular weight is 417 g/mol. The molecular weight excluding hydrogens is 389 g/mol. The van der Waals surface area contributed by atoms with Crippen LogP contribution in [-0.4, -0.2) is 29.9 Å². The van der Waals surface area contributed by atoms with Crippen molar-refractivity contribution in [2.24, 2.45) is 0 Å². The summed E-state index contributed by atoms with van der Waals surface area (Å²) in [5.41, 5.74) is 4.79. The number of aromatic nitrogens is 1. The smallest absolute Gasteiger partial charge is 0.278 e. The van der Waals surface area contributed by atoms with Crippen molar-refractivity contribution in [3.8, 4) is 5.97 Å². The van der Waals surface area contributed by atoms with Crippen molar-refractivity contribution in [1.82, 2.24) is 4.98 Å². The Labute approximate surface area is 184 Å². The fourth-order valence-corrected chi connectivity index (χ4v) is 5.36. The van der Waals surface area contributed by atoms with Crippen molar-refractivity contribution in [2.45, 2.75) is 63.0 Å². The molecule has 1 aromatic heterocycles. The van der Waals surface area contributed by atoms with Gasteiger partial charge in [0.25, 0.3) is 12.6 Å². The highest BCUT2D eigenvalue weighted by atomic mass is 32.2. The highest BCUT2D eigenvalue weighted by Crippen LogP contribution is 2.33. The second-order valence-electron chi connectivity index (χ2n) is 8.30. The van der Waals surface area contributed by atoms with E-state index in [2.05, 4.69) is 36.1 Å². The fourth-order valence-electron chi connectivity index (χ4n) is 4.39. The van der Waals surface area contributed by atoms with E-state index < -0.39 is 0 Å². The van der Waals surface area contributed by atoms with E-state index in [1.807, 2.05) is 28.8 Å². The van der Waals surface area contributed by atoms with E-state index >= 15 is 0 Å². The Kier molecular flexibility index (Phi) is 6.79. The molecule has 1 amide bonds. The number of hydrogen-bond acceptors (Lipinski definition) is 4. The molecule has 0 bridgehead atoms. The van der Waals surface area contributed by atoms with Gasteiger partial charge >= 0.3 is 0 Å². The van der Waals surface area contributed by atoms with Gasteiger partial charge in [-0.2, -0.15) is 0 Å². The Bertz CT molecular complexity index is 971. The molecule has 3 heterocycles. The number of carbonyl (C=O) groups is 1. The maximum atomic E-state index is 13.1. The van der Waals surface area contributed by atoms with Gasteiger partial charge in [-0.3, -0.25) is 4.79 Å². The number of amides is 1. The largest absolute Gasteiger partial charge is 0.306 e. The molecule has 4 nitrogen and oxygen atoms in total. The van der Waals surface area contributed by atoms with E-state index in [9.17, 15) is 4.79 Å². The molecule has 0 saturated carbocycles. The van der Waals surface area contributed by atoms with Crippen LogP contribution in [-0.2, 0) is 19.1 Å². The minimum absolute atomic E-state index is 0.00655. The van der Waals surface area contributed by atoms with Gasteiger partial charge in [0, 0.05) is 28.8 Å². The first-order valence-corrected chi connectivity index (χ1v) is 12.1. The summed E-state index contributed by atoms with van der Waals surface area (Å²) in [5, 5.41) is 9.17. The second kappa shape index (κ2) is 9.70. The van der Waals surface area contributed by atoms with Crippen molar-refractivity contribution in [3.63, 3.8) is 0 Å². The van der Waals surface area contributed by atoms with Crippen molar-refractivity contribution < 1.29 is 4.79 Å². The van der Waals surface area contributed by atoms with Crippen LogP contribution >= 0.6 is 11.8 Å². The zero-order valence-electron chi connectivity index (χ0n) is 17.7. The van der Waals surface area contributed by atoms with Gasteiger partial charge in [-0.25, -0.2) is 10.2 Å². The molecule has 0 radical (unpaired) electrons. The Morgan fingerprint density at radius 3 is 2.87 bits per heavy atom. The zero-order chi connectivity index (χ0) is 20.9. The minimum atomic E-state index is -0.0340. The third-order valence-corrected chi connectivity index (χ3v) is 7.16. The standard InChI is InChI=1S/C24H28BN3OS/c1-2-3-4-5-6-13-30-20-8-10-23-18(14-20)11-12-28(23)24(29)21-9-7-19-15-25(17-26)16-22(19)27-21/h7-10,14H,2-6,11-13,15-16H2,1H3. The molecule has 0 atom stereocenters. The molecule has 2 aliphatic rings. The summed E-state index contributed by atoms with van der Waals surface area (Å²) in [4.78, 5) is 20.9. The zero-order valence-corrected chi connectivity index (χ0v) is 18.5. The Hall–Kier alpha value is -2.26. The quantitative estimate of drug-likeness (QED) is 0.341. The summed E-state index contributed by atoms with van der Waals surface area (Å²) < 4.78 is 0. The number of benzene rings is 1. The lowest BCUT2D eigenvalue weighted by Gasteiger charge is -2.17. The fraction of sp³-hybridized carbons (Fsp3) is 0.458. The van der Waals surface area contributed by atoms with Gasteiger partial charge in [-0.1, -0.05) is 38.7 Å². The molecule has 6 heteroatoms. The number of anilines is 1. The van der Waals surface area contributed by atoms with Crippen molar-refractivity contribution in [1.29, 1.82) is 5.26 Å². The van der Waals surface area contributed by atoms with E-state index in [0.29, 0.717) is 18.6 Å². The third-order valence-electron chi connectivity index (χ3n) is 6.08. The van der Waals surface area contributed by atoms with Crippen LogP contribution in [0.2, 0.25) is 0 Å². The van der Waals surface area contributed by atoms with Gasteiger partial charge in [-0.15, -0.1) is 11.8 Å². The highest BCUT2D eigenvalue weighted by molar-refractivity contribution is 7.99. The molecule has 0 fully saturated rings. The van der Waals surface area contributed by atoms with E-state index in [0.717, 1.165) is 35.4 Å². The lowest BCUT2D eigenvalue weighted by molar-refractivity contribution is 0.0984. The van der Waals surface area contributed by atoms with E-state index in [1.165, 1.54) is 42.6 Å². The molecule has 0 spiro atoms. The van der Waals surface area contributed by atoms with Crippen LogP contribution in [0.15, 0.2) is 35.2 Å². The monoisotopic (exact) mass is 417 g/mol. The minimum Gasteiger partial charge on any atom is -0.306 e. The number of carbonyl (C=O) groups excluding carboxylic acids is 1. The van der Waals surface area contributed by atoms with Crippen LogP contribution < -0.4 is 4.90 Å². The number of nitriles is 1. The number of pyridine rings is 1. The lowest BCUT2D eigenvalue weighted by Crippen LogP contribution is -2.29. The Balaban J connectivity index is 1.39. The highest BCUT2D eigenvalue weighted by Gasteiger charge is 2.30. The van der Waals surface area contributed by atoms with Gasteiger partial charge < -0.3 is 4.90 Å². The number of fused-ring (bicyclic) bond motifs is 2. The van der Waals surface area contributed by atoms with Gasteiger partial charge in [0.2, 0.25) is 0 Å². The van der Waals surface area contributed by atoms with E-state index in [1.54, 1.807) is 0 Å². The van der Waals surface area contributed by atoms with E-state index in [-0.39, 0.29) is 12.6 Å². The Morgan fingerprint density at radius 1 is 1.17 bits per heavy atom. The average Bonchev–Trinajstić information content (AvgIpc) is 3.38. The molecule has 0 unspecified atom stereocenters. The lowest BCUT2D eigenvalue weighted by atomic mass is 9.49. The SMILES string of the molecule is CCCCCCCSc1ccc2c(c1)CCN2C(=O)c1ccc2c(n1)CB(C#N)C2. The van der Waals surface area contributed by atoms with Gasteiger partial charge in [-0.05, 0) is 66.6 Å². The summed E-state index contributed by atoms with van der Waals surface area (Å²) in [6.07, 6.45) is 8.85. The summed E-state index contributed by atoms with van der Waals surface area (Å²) in [5.74, 6) is 3.45. The van der Waals surface area contributed by atoms with Crippen molar-refractivity contribution in [3.05, 3.63) is 52.8 Å². The van der Waals surface area contributed by atoms with E-state index in [4.69, 9.17) is 5.26 Å². The number of nitrogens with zero attached hydrogens (tertiary/aromatic N) is 3. The molecule has 4 rings (SSSR count). The summed E-state index contributed by atoms with van der Waals surface area (Å²) in [7, 11) is 0. The van der Waals surface area contributed by atoms with Crippen LogP contribution in [0.3, 0.4) is 0 Å². The van der Waals surface area contributed by atoms with Gasteiger partial charge in [0.1, 0.15) is 5.69 Å². The van der Waals surface area contributed by atoms with Crippen LogP contribution in [0, 0.1) is 11.2 Å². The summed E-state index contributed by atoms with van der Waals surface area (Å²) >= 11 is 1.92. The molecule has 154 valence electrons. The van der Waals surface area contributed by atoms with Crippen LogP contribution in [0.1, 0.15) is 66.3 Å². The van der Waals surface area contributed by atoms with Gasteiger partial charge in [0.15, 0.2) is 0 Å². The summed E-state index contributed by atoms with van der Waals surface area (Å²) in [6, 6.07) is 10.3. The van der Waals surface area contributed by atoms with Crippen LogP contribution in [0.5, 0.6) is 0 Å². The second-order valence-corrected chi connectivity index (χ2v) is 9.46. The predicted octanol–water partition coefficient (Wildman–Crippen LogP) is 5.08.